The van der Waals surface area contributed by atoms with E-state index in [1.54, 1.807) is 0 Å². The maximum absolute atomic E-state index is 12.6. The van der Waals surface area contributed by atoms with Crippen LogP contribution in [-0.4, -0.2) is 11.2 Å². The molecule has 0 bridgehead atoms. The third kappa shape index (κ3) is 4.40. The monoisotopic (exact) mass is 375 g/mol. The van der Waals surface area contributed by atoms with Gasteiger partial charge in [-0.3, -0.25) is 5.43 Å². The molecule has 3 rings (SSSR count). The Bertz CT molecular complexity index is 908. The van der Waals surface area contributed by atoms with Crippen LogP contribution in [-0.2, 0) is 6.18 Å². The fourth-order valence-corrected chi connectivity index (χ4v) is 2.44. The molecule has 0 atom stereocenters. The summed E-state index contributed by atoms with van der Waals surface area (Å²) >= 11 is 5.81. The van der Waals surface area contributed by atoms with Gasteiger partial charge in [0.2, 0.25) is 0 Å². The fourth-order valence-electron chi connectivity index (χ4n) is 2.24. The second-order valence-electron chi connectivity index (χ2n) is 5.41. The second-order valence-corrected chi connectivity index (χ2v) is 5.82. The highest BCUT2D eigenvalue weighted by Crippen LogP contribution is 2.32. The molecule has 0 amide bonds. The van der Waals surface area contributed by atoms with Crippen LogP contribution in [0.1, 0.15) is 11.1 Å². The Labute approximate surface area is 153 Å². The van der Waals surface area contributed by atoms with Crippen LogP contribution >= 0.6 is 11.6 Å². The van der Waals surface area contributed by atoms with Gasteiger partial charge in [0.1, 0.15) is 0 Å². The SMILES string of the molecule is FC(F)(F)c1cnc(NN=Cc2ccc(-c3ccccc3)cc2)c(Cl)c1. The zero-order valence-electron chi connectivity index (χ0n) is 13.3. The maximum atomic E-state index is 12.6. The van der Waals surface area contributed by atoms with Crippen LogP contribution in [0, 0.1) is 0 Å². The number of hydrogen-bond donors (Lipinski definition) is 1. The number of benzene rings is 2. The summed E-state index contributed by atoms with van der Waals surface area (Å²) in [5, 5.41) is 3.81. The average molecular weight is 376 g/mol. The van der Waals surface area contributed by atoms with Crippen LogP contribution in [0.25, 0.3) is 11.1 Å². The van der Waals surface area contributed by atoms with Crippen LogP contribution < -0.4 is 5.43 Å². The zero-order chi connectivity index (χ0) is 18.6. The molecule has 0 radical (unpaired) electrons. The standard InChI is InChI=1S/C19H13ClF3N3/c20-17-10-16(19(21,22)23)12-24-18(17)26-25-11-13-6-8-15(9-7-13)14-4-2-1-3-5-14/h1-12H,(H,24,26). The molecule has 0 saturated heterocycles. The Morgan fingerprint density at radius 2 is 1.62 bits per heavy atom. The molecule has 0 fully saturated rings. The summed E-state index contributed by atoms with van der Waals surface area (Å²) in [4.78, 5) is 3.65. The molecule has 3 nitrogen and oxygen atoms in total. The molecule has 7 heteroatoms. The van der Waals surface area contributed by atoms with Crippen molar-refractivity contribution in [2.24, 2.45) is 5.10 Å². The predicted molar refractivity (Wildman–Crippen MR) is 97.3 cm³/mol. The van der Waals surface area contributed by atoms with Crippen molar-refractivity contribution in [2.45, 2.75) is 6.18 Å². The number of hydrogen-bond acceptors (Lipinski definition) is 3. The van der Waals surface area contributed by atoms with Crippen LogP contribution in [0.3, 0.4) is 0 Å². The highest BCUT2D eigenvalue weighted by atomic mass is 35.5. The van der Waals surface area contributed by atoms with Gasteiger partial charge in [0.05, 0.1) is 16.8 Å². The van der Waals surface area contributed by atoms with Crippen molar-refractivity contribution >= 4 is 23.6 Å². The average Bonchev–Trinajstić information content (AvgIpc) is 2.63. The van der Waals surface area contributed by atoms with E-state index < -0.39 is 11.7 Å². The summed E-state index contributed by atoms with van der Waals surface area (Å²) in [6, 6.07) is 18.4. The van der Waals surface area contributed by atoms with Crippen molar-refractivity contribution in [1.29, 1.82) is 0 Å². The quantitative estimate of drug-likeness (QED) is 0.457. The van der Waals surface area contributed by atoms with Crippen LogP contribution in [0.5, 0.6) is 0 Å². The Morgan fingerprint density at radius 1 is 0.962 bits per heavy atom. The van der Waals surface area contributed by atoms with Crippen molar-refractivity contribution in [1.82, 2.24) is 4.98 Å². The molecule has 0 aliphatic rings. The van der Waals surface area contributed by atoms with Crippen LogP contribution in [0.4, 0.5) is 19.0 Å². The summed E-state index contributed by atoms with van der Waals surface area (Å²) in [5.74, 6) is 0.0526. The first-order chi connectivity index (χ1) is 12.4. The summed E-state index contributed by atoms with van der Waals surface area (Å²) in [5.41, 5.74) is 4.64. The molecule has 0 saturated carbocycles. The third-order valence-corrected chi connectivity index (χ3v) is 3.86. The molecule has 0 aliphatic carbocycles. The number of hydrazone groups is 1. The number of alkyl halides is 3. The Morgan fingerprint density at radius 3 is 2.23 bits per heavy atom. The predicted octanol–water partition coefficient (Wildman–Crippen LogP) is 5.87. The Kier molecular flexibility index (Phi) is 5.23. The highest BCUT2D eigenvalue weighted by molar-refractivity contribution is 6.32. The second kappa shape index (κ2) is 7.58. The van der Waals surface area contributed by atoms with Crippen molar-refractivity contribution < 1.29 is 13.2 Å². The number of pyridine rings is 1. The molecule has 3 aromatic rings. The smallest absolute Gasteiger partial charge is 0.260 e. The van der Waals surface area contributed by atoms with E-state index in [-0.39, 0.29) is 10.8 Å². The van der Waals surface area contributed by atoms with E-state index in [2.05, 4.69) is 15.5 Å². The molecule has 0 unspecified atom stereocenters. The lowest BCUT2D eigenvalue weighted by atomic mass is 10.0. The molecule has 26 heavy (non-hydrogen) atoms. The van der Waals surface area contributed by atoms with Crippen LogP contribution in [0.15, 0.2) is 72.0 Å². The van der Waals surface area contributed by atoms with Crippen molar-refractivity contribution in [2.75, 3.05) is 5.43 Å². The zero-order valence-corrected chi connectivity index (χ0v) is 14.1. The van der Waals surface area contributed by atoms with Gasteiger partial charge >= 0.3 is 6.18 Å². The molecular formula is C19H13ClF3N3. The summed E-state index contributed by atoms with van der Waals surface area (Å²) in [7, 11) is 0. The van der Waals surface area contributed by atoms with Gasteiger partial charge in [0.15, 0.2) is 5.82 Å². The van der Waals surface area contributed by atoms with E-state index in [1.807, 2.05) is 54.6 Å². The van der Waals surface area contributed by atoms with Gasteiger partial charge in [-0.25, -0.2) is 4.98 Å². The molecule has 0 spiro atoms. The lowest BCUT2D eigenvalue weighted by Crippen LogP contribution is -2.06. The van der Waals surface area contributed by atoms with Gasteiger partial charge in [-0.15, -0.1) is 0 Å². The first-order valence-electron chi connectivity index (χ1n) is 7.61. The Balaban J connectivity index is 1.67. The van der Waals surface area contributed by atoms with Gasteiger partial charge < -0.3 is 0 Å². The van der Waals surface area contributed by atoms with Gasteiger partial charge in [0.25, 0.3) is 0 Å². The molecule has 1 N–H and O–H groups in total. The fraction of sp³-hybridized carbons (Fsp3) is 0.0526. The van der Waals surface area contributed by atoms with Crippen molar-refractivity contribution in [3.8, 4) is 11.1 Å². The lowest BCUT2D eigenvalue weighted by Gasteiger charge is -2.08. The first-order valence-corrected chi connectivity index (χ1v) is 7.98. The molecular weight excluding hydrogens is 363 g/mol. The number of halogens is 4. The van der Waals surface area contributed by atoms with Crippen molar-refractivity contribution in [3.63, 3.8) is 0 Å². The minimum Gasteiger partial charge on any atom is -0.260 e. The summed E-state index contributed by atoms with van der Waals surface area (Å²) < 4.78 is 37.7. The molecule has 132 valence electrons. The van der Waals surface area contributed by atoms with Crippen LogP contribution in [0.2, 0.25) is 5.02 Å². The lowest BCUT2D eigenvalue weighted by molar-refractivity contribution is -0.137. The van der Waals surface area contributed by atoms with E-state index in [4.69, 9.17) is 11.6 Å². The van der Waals surface area contributed by atoms with E-state index >= 15 is 0 Å². The van der Waals surface area contributed by atoms with Gasteiger partial charge in [-0.05, 0) is 22.8 Å². The normalized spacial score (nSPS) is 11.7. The van der Waals surface area contributed by atoms with E-state index in [9.17, 15) is 13.2 Å². The highest BCUT2D eigenvalue weighted by Gasteiger charge is 2.31. The number of anilines is 1. The van der Waals surface area contributed by atoms with Gasteiger partial charge in [-0.1, -0.05) is 66.2 Å². The molecule has 1 heterocycles. The Hall–Kier alpha value is -2.86. The molecule has 1 aromatic heterocycles. The van der Waals surface area contributed by atoms with E-state index in [0.717, 1.165) is 22.8 Å². The summed E-state index contributed by atoms with van der Waals surface area (Å²) in [6.45, 7) is 0. The van der Waals surface area contributed by atoms with Gasteiger partial charge in [-0.2, -0.15) is 18.3 Å². The van der Waals surface area contributed by atoms with Gasteiger partial charge in [0, 0.05) is 6.20 Å². The number of rotatable bonds is 4. The van der Waals surface area contributed by atoms with E-state index in [1.165, 1.54) is 6.21 Å². The largest absolute Gasteiger partial charge is 0.417 e. The summed E-state index contributed by atoms with van der Waals surface area (Å²) in [6.07, 6.45) is -2.25. The van der Waals surface area contributed by atoms with E-state index in [0.29, 0.717) is 6.20 Å². The number of aromatic nitrogens is 1. The molecule has 0 aliphatic heterocycles. The number of nitrogens with zero attached hydrogens (tertiary/aromatic N) is 2. The van der Waals surface area contributed by atoms with Crippen molar-refractivity contribution in [3.05, 3.63) is 83.0 Å². The number of nitrogens with one attached hydrogen (secondary N) is 1. The topological polar surface area (TPSA) is 37.3 Å². The maximum Gasteiger partial charge on any atom is 0.417 e. The molecule has 2 aromatic carbocycles. The third-order valence-electron chi connectivity index (χ3n) is 3.57. The minimum absolute atomic E-state index is 0.0526. The minimum atomic E-state index is -4.49. The first kappa shape index (κ1) is 17.9.